The fourth-order valence-corrected chi connectivity index (χ4v) is 17.9. The molecule has 4 aliphatic rings. The summed E-state index contributed by atoms with van der Waals surface area (Å²) in [7, 11) is 0. The summed E-state index contributed by atoms with van der Waals surface area (Å²) in [6.45, 7) is 0.571. The Morgan fingerprint density at radius 3 is 1.79 bits per heavy atom. The molecule has 0 saturated heterocycles. The first-order valence-electron chi connectivity index (χ1n) is 10.9. The van der Waals surface area contributed by atoms with E-state index in [1.807, 2.05) is 11.1 Å². The van der Waals surface area contributed by atoms with Crippen molar-refractivity contribution in [2.75, 3.05) is 0 Å². The number of rotatable bonds is 4. The molecule has 1 aromatic rings. The fourth-order valence-electron chi connectivity index (χ4n) is 5.57. The molecule has 0 nitrogen and oxygen atoms in total. The van der Waals surface area contributed by atoms with E-state index in [0.717, 1.165) is 8.45 Å². The molecule has 5 rings (SSSR count). The molecular weight excluding hydrogens is 447 g/mol. The van der Waals surface area contributed by atoms with E-state index in [4.69, 9.17) is 0 Å². The first kappa shape index (κ1) is 23.4. The predicted molar refractivity (Wildman–Crippen MR) is 114 cm³/mol. The van der Waals surface area contributed by atoms with Crippen LogP contribution in [0, 0.1) is 0 Å². The maximum atomic E-state index is 2.68. The molecule has 0 radical (unpaired) electrons. The molecule has 29 heavy (non-hydrogen) atoms. The van der Waals surface area contributed by atoms with Gasteiger partial charge < -0.3 is 24.8 Å². The van der Waals surface area contributed by atoms with Crippen LogP contribution in [-0.4, -0.2) is 6.91 Å². The largest absolute Gasteiger partial charge is 1.00 e. The van der Waals surface area contributed by atoms with Gasteiger partial charge in [-0.3, -0.25) is 0 Å². The third-order valence-electron chi connectivity index (χ3n) is 6.97. The van der Waals surface area contributed by atoms with Crippen molar-refractivity contribution in [2.24, 2.45) is 0 Å². The summed E-state index contributed by atoms with van der Waals surface area (Å²) < 4.78 is 1.78. The molecule has 4 heteroatoms. The summed E-state index contributed by atoms with van der Waals surface area (Å²) in [5.74, 6) is 0. The van der Waals surface area contributed by atoms with Gasteiger partial charge in [0.15, 0.2) is 0 Å². The second-order valence-corrected chi connectivity index (χ2v) is 17.6. The fraction of sp³-hybridized carbons (Fsp3) is 0.440. The van der Waals surface area contributed by atoms with Gasteiger partial charge in [-0.25, -0.2) is 0 Å². The molecule has 1 aromatic carbocycles. The van der Waals surface area contributed by atoms with Crippen molar-refractivity contribution in [3.05, 3.63) is 82.5 Å². The first-order valence-corrected chi connectivity index (χ1v) is 16.8. The molecule has 152 valence electrons. The van der Waals surface area contributed by atoms with Crippen LogP contribution in [-0.2, 0) is 22.7 Å². The van der Waals surface area contributed by atoms with Crippen molar-refractivity contribution in [3.8, 4) is 0 Å². The Labute approximate surface area is 195 Å². The molecule has 2 atom stereocenters. The molecular formula is C25H30Cl2SiTi. The summed E-state index contributed by atoms with van der Waals surface area (Å²) in [6.07, 6.45) is 21.7. The molecule has 0 N–H and O–H groups in total. The molecule has 4 aliphatic carbocycles. The summed E-state index contributed by atoms with van der Waals surface area (Å²) in [5.41, 5.74) is 8.87. The molecule has 0 saturated carbocycles. The molecule has 0 amide bonds. The zero-order valence-corrected chi connectivity index (χ0v) is 21.3. The zero-order valence-electron chi connectivity index (χ0n) is 17.0. The quantitative estimate of drug-likeness (QED) is 0.559. The van der Waals surface area contributed by atoms with E-state index in [1.54, 1.807) is 16.7 Å². The number of hydrogen-bond acceptors (Lipinski definition) is 0. The molecule has 0 aliphatic heterocycles. The van der Waals surface area contributed by atoms with E-state index in [-0.39, 0.29) is 24.8 Å². The van der Waals surface area contributed by atoms with Crippen LogP contribution in [0.5, 0.6) is 0 Å². The zero-order chi connectivity index (χ0) is 18.1. The summed E-state index contributed by atoms with van der Waals surface area (Å²) >= 11 is -1.25. The van der Waals surface area contributed by atoms with E-state index in [0.29, 0.717) is 6.91 Å². The minimum atomic E-state index is -1.25. The first-order chi connectivity index (χ1) is 13.4. The van der Waals surface area contributed by atoms with Gasteiger partial charge in [0.05, 0.1) is 0 Å². The Hall–Kier alpha value is -0.309. The third kappa shape index (κ3) is 4.96. The van der Waals surface area contributed by atoms with Gasteiger partial charge >= 0.3 is 172 Å². The van der Waals surface area contributed by atoms with Crippen LogP contribution in [0.15, 0.2) is 76.9 Å². The van der Waals surface area contributed by atoms with E-state index in [1.165, 1.54) is 57.4 Å². The summed E-state index contributed by atoms with van der Waals surface area (Å²) in [4.78, 5) is 0. The van der Waals surface area contributed by atoms with Crippen molar-refractivity contribution in [1.82, 2.24) is 0 Å². The number of hydrogen-bond donors (Lipinski definition) is 0. The van der Waals surface area contributed by atoms with Crippen LogP contribution in [0.3, 0.4) is 0 Å². The van der Waals surface area contributed by atoms with Crippen molar-refractivity contribution in [1.29, 1.82) is 0 Å². The minimum Gasteiger partial charge on any atom is -1.00 e. The molecule has 0 fully saturated rings. The topological polar surface area (TPSA) is 0 Å². The molecule has 0 spiro atoms. The molecule has 0 bridgehead atoms. The standard InChI is InChI=1S/2C9H11.C7H8Si.2ClH.Ti/c2*1-2-5-9-7-3-6-8(9)4-1;8-6-7-4-2-1-3-5-7;;;/h2*3,6-7H,1-2,4-5H2;1-5,8H,6H2;2*1H;/q;;;;;+2/p-2. The number of benzene rings is 1. The van der Waals surface area contributed by atoms with Gasteiger partial charge in [-0.05, 0) is 0 Å². The number of allylic oxidation sites excluding steroid dienone is 8. The average Bonchev–Trinajstić information content (AvgIpc) is 3.34. The van der Waals surface area contributed by atoms with Gasteiger partial charge in [-0.1, -0.05) is 0 Å². The van der Waals surface area contributed by atoms with Gasteiger partial charge in [-0.15, -0.1) is 0 Å². The number of halogens is 2. The van der Waals surface area contributed by atoms with E-state index >= 15 is 0 Å². The monoisotopic (exact) mass is 476 g/mol. The maximum absolute atomic E-state index is 2.68. The van der Waals surface area contributed by atoms with Crippen LogP contribution in [0.1, 0.15) is 56.9 Å². The Balaban J connectivity index is 0.00000120. The molecule has 2 unspecified atom stereocenters. The Morgan fingerprint density at radius 1 is 0.724 bits per heavy atom. The van der Waals surface area contributed by atoms with Gasteiger partial charge in [-0.2, -0.15) is 0 Å². The smallest absolute Gasteiger partial charge is 1.00 e. The third-order valence-corrected chi connectivity index (χ3v) is 18.2. The van der Waals surface area contributed by atoms with Crippen LogP contribution >= 0.6 is 0 Å². The van der Waals surface area contributed by atoms with Crippen molar-refractivity contribution in [3.63, 3.8) is 0 Å². The van der Waals surface area contributed by atoms with Gasteiger partial charge in [0.2, 0.25) is 0 Å². The van der Waals surface area contributed by atoms with E-state index in [9.17, 15) is 0 Å². The molecule has 0 heterocycles. The van der Waals surface area contributed by atoms with Crippen LogP contribution in [0.25, 0.3) is 0 Å². The predicted octanol–water partition coefficient (Wildman–Crippen LogP) is 0.622. The average molecular weight is 477 g/mol. The normalized spacial score (nSPS) is 24.2. The summed E-state index contributed by atoms with van der Waals surface area (Å²) in [6, 6.07) is 12.7. The second-order valence-electron chi connectivity index (χ2n) is 8.58. The SMILES string of the molecule is C1=C[CH]([Ti+2](=[SiH]Cc2ccccc2)[CH]2C=CC3=C2CCCC3)C2=C1CCCC2.[Cl-].[Cl-]. The van der Waals surface area contributed by atoms with Crippen molar-refractivity contribution in [2.45, 2.75) is 65.9 Å². The van der Waals surface area contributed by atoms with Crippen LogP contribution in [0.2, 0.25) is 8.45 Å². The Bertz CT molecular complexity index is 829. The minimum absolute atomic E-state index is 0. The van der Waals surface area contributed by atoms with Gasteiger partial charge in [0.1, 0.15) is 0 Å². The van der Waals surface area contributed by atoms with Gasteiger partial charge in [0, 0.05) is 0 Å². The van der Waals surface area contributed by atoms with Crippen LogP contribution < -0.4 is 24.8 Å². The summed E-state index contributed by atoms with van der Waals surface area (Å²) in [5, 5.41) is 0. The molecule has 0 aromatic heterocycles. The second kappa shape index (κ2) is 10.8. The van der Waals surface area contributed by atoms with Crippen molar-refractivity contribution < 1.29 is 41.4 Å². The van der Waals surface area contributed by atoms with Crippen LogP contribution in [0.4, 0.5) is 0 Å². The maximum Gasteiger partial charge on any atom is -1.00 e. The van der Waals surface area contributed by atoms with Gasteiger partial charge in [0.25, 0.3) is 0 Å². The Morgan fingerprint density at radius 2 is 1.24 bits per heavy atom. The Kier molecular flexibility index (Phi) is 8.72. The van der Waals surface area contributed by atoms with E-state index in [2.05, 4.69) is 54.6 Å². The van der Waals surface area contributed by atoms with E-state index < -0.39 is 16.6 Å². The van der Waals surface area contributed by atoms with Crippen molar-refractivity contribution >= 4 is 6.91 Å².